The number of benzene rings is 1. The number of hydrogen-bond acceptors (Lipinski definition) is 2. The third-order valence-electron chi connectivity index (χ3n) is 3.53. The highest BCUT2D eigenvalue weighted by atomic mass is 79.9. The Morgan fingerprint density at radius 3 is 2.30 bits per heavy atom. The highest BCUT2D eigenvalue weighted by molar-refractivity contribution is 9.10. The zero-order valence-electron chi connectivity index (χ0n) is 13.0. The quantitative estimate of drug-likeness (QED) is 0.604. The van der Waals surface area contributed by atoms with Crippen LogP contribution < -0.4 is 5.73 Å². The maximum atomic E-state index is 13.4. The van der Waals surface area contributed by atoms with E-state index < -0.39 is 22.8 Å². The summed E-state index contributed by atoms with van der Waals surface area (Å²) in [5.74, 6) is 0. The topological polar surface area (TPSA) is 71.0 Å². The van der Waals surface area contributed by atoms with Crippen molar-refractivity contribution in [3.05, 3.63) is 33.8 Å². The molecule has 1 aromatic carbocycles. The molecule has 8 heteroatoms. The molecule has 0 saturated carbocycles. The highest BCUT2D eigenvalue weighted by Gasteiger charge is 2.47. The molecular formula is C15H19BrF3N3O. The van der Waals surface area contributed by atoms with Gasteiger partial charge in [-0.3, -0.25) is 4.99 Å². The fourth-order valence-electron chi connectivity index (χ4n) is 2.10. The number of rotatable bonds is 4. The summed E-state index contributed by atoms with van der Waals surface area (Å²) in [6, 6.07) is 3.68. The first-order valence-corrected chi connectivity index (χ1v) is 7.54. The smallest absolute Gasteiger partial charge is 0.390 e. The van der Waals surface area contributed by atoms with Gasteiger partial charge in [0.1, 0.15) is 11.9 Å². The van der Waals surface area contributed by atoms with Crippen molar-refractivity contribution in [2.75, 3.05) is 6.54 Å². The molecule has 23 heavy (non-hydrogen) atoms. The van der Waals surface area contributed by atoms with Crippen LogP contribution in [-0.2, 0) is 11.8 Å². The van der Waals surface area contributed by atoms with Gasteiger partial charge in [-0.2, -0.15) is 13.2 Å². The zero-order valence-corrected chi connectivity index (χ0v) is 14.6. The van der Waals surface area contributed by atoms with E-state index in [4.69, 9.17) is 5.73 Å². The van der Waals surface area contributed by atoms with Gasteiger partial charge in [-0.05, 0) is 23.1 Å². The molecule has 0 spiro atoms. The third-order valence-corrected chi connectivity index (χ3v) is 4.02. The Morgan fingerprint density at radius 1 is 1.22 bits per heavy atom. The number of alkyl halides is 3. The molecule has 0 aliphatic heterocycles. The molecular weight excluding hydrogens is 375 g/mol. The van der Waals surface area contributed by atoms with Crippen LogP contribution in [0.2, 0.25) is 0 Å². The highest BCUT2D eigenvalue weighted by Crippen LogP contribution is 2.45. The first-order valence-electron chi connectivity index (χ1n) is 6.75. The molecule has 0 saturated heterocycles. The lowest BCUT2D eigenvalue weighted by atomic mass is 9.71. The van der Waals surface area contributed by atoms with E-state index >= 15 is 0 Å². The molecule has 1 atom stereocenters. The van der Waals surface area contributed by atoms with E-state index in [1.165, 1.54) is 12.1 Å². The largest absolute Gasteiger partial charge is 0.416 e. The molecule has 0 heterocycles. The first kappa shape index (κ1) is 19.6. The lowest BCUT2D eigenvalue weighted by Gasteiger charge is -2.41. The number of aliphatic hydroxyl groups is 1. The first-order chi connectivity index (χ1) is 10.4. The van der Waals surface area contributed by atoms with Crippen LogP contribution in [0, 0.1) is 5.41 Å². The Balaban J connectivity index is 3.50. The van der Waals surface area contributed by atoms with Crippen molar-refractivity contribution in [3.63, 3.8) is 0 Å². The van der Waals surface area contributed by atoms with Gasteiger partial charge in [0.25, 0.3) is 0 Å². The Kier molecular flexibility index (Phi) is 5.98. The summed E-state index contributed by atoms with van der Waals surface area (Å²) in [5.41, 5.74) is 1.21. The van der Waals surface area contributed by atoms with Crippen LogP contribution in [0.5, 0.6) is 0 Å². The van der Waals surface area contributed by atoms with Gasteiger partial charge in [0.05, 0.1) is 18.4 Å². The van der Waals surface area contributed by atoms with Gasteiger partial charge in [-0.15, -0.1) is 0 Å². The Labute approximate surface area is 141 Å². The molecule has 1 unspecified atom stereocenters. The molecule has 1 rings (SSSR count). The molecule has 0 radical (unpaired) electrons. The normalized spacial score (nSPS) is 16.2. The van der Waals surface area contributed by atoms with Crippen LogP contribution in [0.25, 0.3) is 0 Å². The van der Waals surface area contributed by atoms with Crippen molar-refractivity contribution in [2.24, 2.45) is 21.1 Å². The number of hydrogen-bond donors (Lipinski definition) is 2. The van der Waals surface area contributed by atoms with Crippen LogP contribution in [0.4, 0.5) is 13.2 Å². The van der Waals surface area contributed by atoms with Crippen molar-refractivity contribution in [3.8, 4) is 0 Å². The second-order valence-corrected chi connectivity index (χ2v) is 6.97. The summed E-state index contributed by atoms with van der Waals surface area (Å²) in [6.07, 6.45) is -2.50. The molecule has 3 N–H and O–H groups in total. The number of nitrogens with two attached hydrogens (primary N) is 1. The predicted octanol–water partition coefficient (Wildman–Crippen LogP) is 3.72. The van der Waals surface area contributed by atoms with Gasteiger partial charge in [-0.1, -0.05) is 42.8 Å². The van der Waals surface area contributed by atoms with Crippen LogP contribution in [-0.4, -0.2) is 24.3 Å². The van der Waals surface area contributed by atoms with Gasteiger partial charge < -0.3 is 10.8 Å². The van der Waals surface area contributed by atoms with E-state index in [1.807, 2.05) is 0 Å². The molecule has 0 amide bonds. The Bertz CT molecular complexity index is 609. The van der Waals surface area contributed by atoms with Gasteiger partial charge in [-0.25, -0.2) is 4.99 Å². The predicted molar refractivity (Wildman–Crippen MR) is 88.5 cm³/mol. The van der Waals surface area contributed by atoms with Crippen molar-refractivity contribution < 1.29 is 18.3 Å². The van der Waals surface area contributed by atoms with Crippen molar-refractivity contribution in [1.29, 1.82) is 0 Å². The zero-order chi connectivity index (χ0) is 17.9. The molecule has 0 fully saturated rings. The molecule has 4 nitrogen and oxygen atoms in total. The van der Waals surface area contributed by atoms with E-state index in [-0.39, 0.29) is 16.6 Å². The molecule has 128 valence electrons. The van der Waals surface area contributed by atoms with Gasteiger partial charge in [0.2, 0.25) is 0 Å². The number of nitrogens with zero attached hydrogens (tertiary/aromatic N) is 2. The SMILES string of the molecule is CC(C)(C)C(O)(CN=CN=CN)c1ccc(Br)cc1C(F)(F)F. The summed E-state index contributed by atoms with van der Waals surface area (Å²) in [7, 11) is 0. The summed E-state index contributed by atoms with van der Waals surface area (Å²) >= 11 is 3.03. The maximum absolute atomic E-state index is 13.4. The van der Waals surface area contributed by atoms with E-state index in [9.17, 15) is 18.3 Å². The lowest BCUT2D eigenvalue weighted by Crippen LogP contribution is -2.44. The van der Waals surface area contributed by atoms with Crippen LogP contribution in [0.15, 0.2) is 32.7 Å². The summed E-state index contributed by atoms with van der Waals surface area (Å²) in [4.78, 5) is 7.45. The van der Waals surface area contributed by atoms with E-state index in [0.29, 0.717) is 0 Å². The van der Waals surface area contributed by atoms with Crippen LogP contribution in [0.1, 0.15) is 31.9 Å². The molecule has 1 aromatic rings. The van der Waals surface area contributed by atoms with Gasteiger partial charge >= 0.3 is 6.18 Å². The molecule has 0 aromatic heterocycles. The minimum absolute atomic E-state index is 0.227. The van der Waals surface area contributed by atoms with Crippen LogP contribution >= 0.6 is 15.9 Å². The van der Waals surface area contributed by atoms with Gasteiger partial charge in [0, 0.05) is 4.47 Å². The average molecular weight is 394 g/mol. The fourth-order valence-corrected chi connectivity index (χ4v) is 2.46. The summed E-state index contributed by atoms with van der Waals surface area (Å²) < 4.78 is 40.4. The lowest BCUT2D eigenvalue weighted by molar-refractivity contribution is -0.143. The standard InChI is InChI=1S/C15H19BrF3N3O/c1-13(2,3)14(23,7-21-9-22-8-20)11-5-4-10(16)6-12(11)15(17,18)19/h4-6,8-9,23H,7H2,1-3H3,(H2,20,21,22). The second kappa shape index (κ2) is 7.00. The molecule has 0 aliphatic rings. The van der Waals surface area contributed by atoms with Crippen molar-refractivity contribution in [2.45, 2.75) is 32.5 Å². The molecule has 0 bridgehead atoms. The minimum Gasteiger partial charge on any atom is -0.390 e. The minimum atomic E-state index is -4.60. The van der Waals surface area contributed by atoms with E-state index in [2.05, 4.69) is 25.9 Å². The van der Waals surface area contributed by atoms with Crippen molar-refractivity contribution in [1.82, 2.24) is 0 Å². The van der Waals surface area contributed by atoms with Crippen LogP contribution in [0.3, 0.4) is 0 Å². The summed E-state index contributed by atoms with van der Waals surface area (Å²) in [6.45, 7) is 4.67. The Morgan fingerprint density at radius 2 is 1.83 bits per heavy atom. The molecule has 0 aliphatic carbocycles. The van der Waals surface area contributed by atoms with Crippen molar-refractivity contribution >= 4 is 28.6 Å². The van der Waals surface area contributed by atoms with E-state index in [1.54, 1.807) is 20.8 Å². The third kappa shape index (κ3) is 4.54. The van der Waals surface area contributed by atoms with Gasteiger partial charge in [0.15, 0.2) is 0 Å². The number of halogens is 4. The number of aliphatic imine (C=N–C) groups is 2. The fraction of sp³-hybridized carbons (Fsp3) is 0.467. The average Bonchev–Trinajstić information content (AvgIpc) is 2.41. The Hall–Kier alpha value is -1.41. The van der Waals surface area contributed by atoms with E-state index in [0.717, 1.165) is 18.7 Å². The maximum Gasteiger partial charge on any atom is 0.416 e. The second-order valence-electron chi connectivity index (χ2n) is 6.05. The summed E-state index contributed by atoms with van der Waals surface area (Å²) in [5, 5.41) is 11.0. The monoisotopic (exact) mass is 393 g/mol.